The van der Waals surface area contributed by atoms with Crippen molar-refractivity contribution in [3.63, 3.8) is 0 Å². The molecule has 13 heavy (non-hydrogen) atoms. The SMILES string of the molecule is CCCc1cc(N(S)C=O)ccn1. The van der Waals surface area contributed by atoms with E-state index in [0.717, 1.165) is 24.2 Å². The van der Waals surface area contributed by atoms with E-state index in [9.17, 15) is 4.79 Å². The molecule has 4 heteroatoms. The third-order valence-electron chi connectivity index (χ3n) is 1.67. The van der Waals surface area contributed by atoms with E-state index in [-0.39, 0.29) is 0 Å². The maximum Gasteiger partial charge on any atom is 0.224 e. The zero-order valence-electron chi connectivity index (χ0n) is 7.47. The van der Waals surface area contributed by atoms with E-state index in [1.54, 1.807) is 12.3 Å². The molecule has 0 atom stereocenters. The molecular formula is C9H12N2OS. The van der Waals surface area contributed by atoms with Crippen molar-refractivity contribution in [3.05, 3.63) is 24.0 Å². The molecule has 1 aromatic rings. The smallest absolute Gasteiger partial charge is 0.224 e. The second-order valence-electron chi connectivity index (χ2n) is 2.71. The molecule has 3 nitrogen and oxygen atoms in total. The van der Waals surface area contributed by atoms with Gasteiger partial charge in [0.1, 0.15) is 0 Å². The maximum absolute atomic E-state index is 10.4. The van der Waals surface area contributed by atoms with Gasteiger partial charge in [0.05, 0.1) is 5.69 Å². The van der Waals surface area contributed by atoms with Crippen LogP contribution in [0.3, 0.4) is 0 Å². The van der Waals surface area contributed by atoms with Gasteiger partial charge in [-0.1, -0.05) is 26.2 Å². The van der Waals surface area contributed by atoms with Crippen LogP contribution < -0.4 is 4.31 Å². The average molecular weight is 196 g/mol. The van der Waals surface area contributed by atoms with Gasteiger partial charge in [-0.15, -0.1) is 0 Å². The third kappa shape index (κ3) is 2.73. The van der Waals surface area contributed by atoms with E-state index in [2.05, 4.69) is 24.7 Å². The van der Waals surface area contributed by atoms with Crippen LogP contribution in [0.5, 0.6) is 0 Å². The predicted molar refractivity (Wildman–Crippen MR) is 55.8 cm³/mol. The Bertz CT molecular complexity index is 291. The highest BCUT2D eigenvalue weighted by Crippen LogP contribution is 2.15. The molecule has 0 saturated heterocycles. The van der Waals surface area contributed by atoms with Crippen molar-refractivity contribution in [1.82, 2.24) is 4.98 Å². The lowest BCUT2D eigenvalue weighted by Crippen LogP contribution is -2.06. The number of carbonyl (C=O) groups is 1. The lowest BCUT2D eigenvalue weighted by atomic mass is 10.2. The van der Waals surface area contributed by atoms with Crippen LogP contribution in [0.4, 0.5) is 5.69 Å². The quantitative estimate of drug-likeness (QED) is 0.589. The Kier molecular flexibility index (Phi) is 3.76. The fourth-order valence-corrected chi connectivity index (χ4v) is 1.19. The summed E-state index contributed by atoms with van der Waals surface area (Å²) in [6, 6.07) is 3.62. The molecule has 1 amide bonds. The molecule has 0 radical (unpaired) electrons. The number of aromatic nitrogens is 1. The predicted octanol–water partition coefficient (Wildman–Crippen LogP) is 1.84. The highest BCUT2D eigenvalue weighted by molar-refractivity contribution is 7.82. The minimum atomic E-state index is 0.661. The summed E-state index contributed by atoms with van der Waals surface area (Å²) < 4.78 is 1.24. The summed E-state index contributed by atoms with van der Waals surface area (Å²) in [7, 11) is 0. The number of hydrogen-bond acceptors (Lipinski definition) is 3. The molecular weight excluding hydrogens is 184 g/mol. The summed E-state index contributed by atoms with van der Waals surface area (Å²) in [5.74, 6) is 0. The van der Waals surface area contributed by atoms with Crippen molar-refractivity contribution in [2.45, 2.75) is 19.8 Å². The third-order valence-corrected chi connectivity index (χ3v) is 2.00. The number of thiol groups is 1. The van der Waals surface area contributed by atoms with E-state index in [1.807, 2.05) is 6.07 Å². The van der Waals surface area contributed by atoms with E-state index in [1.165, 1.54) is 4.31 Å². The second-order valence-corrected chi connectivity index (χ2v) is 3.14. The summed E-state index contributed by atoms with van der Waals surface area (Å²) in [5, 5.41) is 0. The van der Waals surface area contributed by atoms with Crippen LogP contribution in [-0.4, -0.2) is 11.4 Å². The molecule has 70 valence electrons. The molecule has 1 rings (SSSR count). The van der Waals surface area contributed by atoms with Gasteiger partial charge < -0.3 is 0 Å². The van der Waals surface area contributed by atoms with E-state index >= 15 is 0 Å². The molecule has 0 aliphatic rings. The van der Waals surface area contributed by atoms with E-state index < -0.39 is 0 Å². The summed E-state index contributed by atoms with van der Waals surface area (Å²) in [4.78, 5) is 14.6. The van der Waals surface area contributed by atoms with Crippen molar-refractivity contribution < 1.29 is 4.79 Å². The van der Waals surface area contributed by atoms with Crippen molar-refractivity contribution in [2.75, 3.05) is 4.31 Å². The van der Waals surface area contributed by atoms with E-state index in [0.29, 0.717) is 6.41 Å². The first-order chi connectivity index (χ1) is 6.27. The summed E-state index contributed by atoms with van der Waals surface area (Å²) in [6.07, 6.45) is 4.32. The highest BCUT2D eigenvalue weighted by atomic mass is 32.1. The molecule has 1 aromatic heterocycles. The van der Waals surface area contributed by atoms with Gasteiger partial charge in [0.25, 0.3) is 0 Å². The van der Waals surface area contributed by atoms with Gasteiger partial charge in [0.15, 0.2) is 0 Å². The van der Waals surface area contributed by atoms with Gasteiger partial charge in [-0.3, -0.25) is 14.1 Å². The number of carbonyl (C=O) groups excluding carboxylic acids is 1. The standard InChI is InChI=1S/C9H12N2OS/c1-2-3-8-6-9(4-5-10-8)11(13)7-12/h4-7,13H,2-3H2,1H3. The Morgan fingerprint density at radius 3 is 3.08 bits per heavy atom. The molecule has 0 fully saturated rings. The van der Waals surface area contributed by atoms with Crippen LogP contribution in [0.25, 0.3) is 0 Å². The normalized spacial score (nSPS) is 9.69. The van der Waals surface area contributed by atoms with Crippen molar-refractivity contribution >= 4 is 24.9 Å². The second kappa shape index (κ2) is 4.87. The first-order valence-corrected chi connectivity index (χ1v) is 4.56. The summed E-state index contributed by atoms with van der Waals surface area (Å²) >= 11 is 3.97. The minimum Gasteiger partial charge on any atom is -0.277 e. The van der Waals surface area contributed by atoms with Crippen LogP contribution >= 0.6 is 12.8 Å². The van der Waals surface area contributed by atoms with Gasteiger partial charge in [0.2, 0.25) is 6.41 Å². The van der Waals surface area contributed by atoms with Crippen molar-refractivity contribution in [3.8, 4) is 0 Å². The molecule has 0 saturated carbocycles. The first kappa shape index (κ1) is 10.1. The molecule has 0 spiro atoms. The largest absolute Gasteiger partial charge is 0.277 e. The van der Waals surface area contributed by atoms with Crippen LogP contribution in [0.15, 0.2) is 18.3 Å². The van der Waals surface area contributed by atoms with Crippen LogP contribution in [-0.2, 0) is 11.2 Å². The van der Waals surface area contributed by atoms with Crippen molar-refractivity contribution in [1.29, 1.82) is 0 Å². The Hall–Kier alpha value is -1.03. The van der Waals surface area contributed by atoms with Crippen molar-refractivity contribution in [2.24, 2.45) is 0 Å². The number of pyridine rings is 1. The Morgan fingerprint density at radius 1 is 1.69 bits per heavy atom. The molecule has 0 aliphatic heterocycles. The van der Waals surface area contributed by atoms with Crippen LogP contribution in [0.1, 0.15) is 19.0 Å². The Labute approximate surface area is 83.3 Å². The minimum absolute atomic E-state index is 0.661. The van der Waals surface area contributed by atoms with Crippen LogP contribution in [0.2, 0.25) is 0 Å². The fraction of sp³-hybridized carbons (Fsp3) is 0.333. The maximum atomic E-state index is 10.4. The van der Waals surface area contributed by atoms with Gasteiger partial charge in [0, 0.05) is 11.9 Å². The number of amides is 1. The topological polar surface area (TPSA) is 33.2 Å². The van der Waals surface area contributed by atoms with Gasteiger partial charge in [-0.2, -0.15) is 0 Å². The summed E-state index contributed by atoms with van der Waals surface area (Å²) in [5.41, 5.74) is 1.75. The van der Waals surface area contributed by atoms with Gasteiger partial charge in [-0.25, -0.2) is 0 Å². The molecule has 0 unspecified atom stereocenters. The fourth-order valence-electron chi connectivity index (χ4n) is 1.06. The van der Waals surface area contributed by atoms with Gasteiger partial charge in [-0.05, 0) is 18.6 Å². The average Bonchev–Trinajstić information content (AvgIpc) is 2.18. The molecule has 1 heterocycles. The molecule has 0 N–H and O–H groups in total. The number of hydrogen-bond donors (Lipinski definition) is 1. The Morgan fingerprint density at radius 2 is 2.46 bits per heavy atom. The Balaban J connectivity index is 2.84. The number of nitrogens with zero attached hydrogens (tertiary/aromatic N) is 2. The van der Waals surface area contributed by atoms with E-state index in [4.69, 9.17) is 0 Å². The summed E-state index contributed by atoms with van der Waals surface area (Å²) in [6.45, 7) is 2.09. The highest BCUT2D eigenvalue weighted by Gasteiger charge is 2.00. The molecule has 0 bridgehead atoms. The first-order valence-electron chi connectivity index (χ1n) is 4.16. The zero-order chi connectivity index (χ0) is 9.68. The monoisotopic (exact) mass is 196 g/mol. The van der Waals surface area contributed by atoms with Gasteiger partial charge >= 0.3 is 0 Å². The number of aryl methyl sites for hydroxylation is 1. The van der Waals surface area contributed by atoms with Crippen LogP contribution in [0, 0.1) is 0 Å². The lowest BCUT2D eigenvalue weighted by molar-refractivity contribution is -0.106. The lowest BCUT2D eigenvalue weighted by Gasteiger charge is -2.09. The number of rotatable bonds is 4. The molecule has 0 aromatic carbocycles. The molecule has 0 aliphatic carbocycles. The zero-order valence-corrected chi connectivity index (χ0v) is 8.37. The number of anilines is 1.